The molecule has 4 atom stereocenters. The normalized spacial score (nSPS) is 32.0. The molecule has 0 unspecified atom stereocenters. The van der Waals surface area contributed by atoms with Gasteiger partial charge in [-0.25, -0.2) is 4.79 Å². The summed E-state index contributed by atoms with van der Waals surface area (Å²) < 4.78 is 24.3. The molecule has 0 aromatic carbocycles. The fraction of sp³-hybridized carbons (Fsp3) is 0.931. The number of Topliss-reactive ketones (excluding diaryl/α,β-unsaturated/α-hetero) is 1. The Balaban J connectivity index is 1.58. The Morgan fingerprint density at radius 1 is 1.08 bits per heavy atom. The van der Waals surface area contributed by atoms with E-state index in [1.807, 2.05) is 34.6 Å². The third kappa shape index (κ3) is 6.51. The molecule has 1 N–H and O–H groups in total. The molecule has 1 saturated carbocycles. The Labute approximate surface area is 223 Å². The lowest BCUT2D eigenvalue weighted by Gasteiger charge is -2.58. The average Bonchev–Trinajstić information content (AvgIpc) is 3.34. The lowest BCUT2D eigenvalue weighted by molar-refractivity contribution is -0.292. The minimum Gasteiger partial charge on any atom is -0.444 e. The van der Waals surface area contributed by atoms with Crippen molar-refractivity contribution in [2.45, 2.75) is 130 Å². The van der Waals surface area contributed by atoms with Crippen molar-refractivity contribution in [1.29, 1.82) is 0 Å². The highest BCUT2D eigenvalue weighted by Gasteiger charge is 2.62. The molecular weight excluding hydrogens is 474 g/mol. The monoisotopic (exact) mass is 525 g/mol. The van der Waals surface area contributed by atoms with E-state index in [4.69, 9.17) is 18.9 Å². The first kappa shape index (κ1) is 30.3. The van der Waals surface area contributed by atoms with Crippen LogP contribution in [0.4, 0.5) is 4.79 Å². The molecule has 37 heavy (non-hydrogen) atoms. The van der Waals surface area contributed by atoms with Gasteiger partial charge in [-0.05, 0) is 78.1 Å². The van der Waals surface area contributed by atoms with Gasteiger partial charge in [0.25, 0.3) is 0 Å². The molecule has 1 aliphatic carbocycles. The number of aliphatic hydroxyl groups excluding tert-OH is 1. The number of ether oxygens (including phenoxy) is 4. The fourth-order valence-electron chi connectivity index (χ4n) is 6.86. The van der Waals surface area contributed by atoms with Crippen molar-refractivity contribution < 1.29 is 33.6 Å². The van der Waals surface area contributed by atoms with Gasteiger partial charge in [0.1, 0.15) is 17.1 Å². The smallest absolute Gasteiger partial charge is 0.412 e. The van der Waals surface area contributed by atoms with Crippen LogP contribution >= 0.6 is 0 Å². The third-order valence-corrected chi connectivity index (χ3v) is 9.08. The number of aliphatic hydroxyl groups is 1. The first-order valence-corrected chi connectivity index (χ1v) is 14.2. The summed E-state index contributed by atoms with van der Waals surface area (Å²) in [6.07, 6.45) is 5.27. The minimum atomic E-state index is -0.751. The van der Waals surface area contributed by atoms with Gasteiger partial charge in [0.2, 0.25) is 0 Å². The Hall–Kier alpha value is -1.22. The van der Waals surface area contributed by atoms with Gasteiger partial charge in [-0.2, -0.15) is 0 Å². The molecule has 2 heterocycles. The van der Waals surface area contributed by atoms with Crippen LogP contribution in [0.3, 0.4) is 0 Å². The summed E-state index contributed by atoms with van der Waals surface area (Å²) in [4.78, 5) is 27.5. The summed E-state index contributed by atoms with van der Waals surface area (Å²) in [6, 6.07) is 0. The topological polar surface area (TPSA) is 94.5 Å². The van der Waals surface area contributed by atoms with Crippen molar-refractivity contribution in [1.82, 2.24) is 4.90 Å². The molecular formula is C29H51NO7. The van der Waals surface area contributed by atoms with Crippen molar-refractivity contribution in [2.75, 3.05) is 26.4 Å². The number of carbonyl (C=O) groups is 2. The number of ketones is 1. The van der Waals surface area contributed by atoms with Gasteiger partial charge in [-0.3, -0.25) is 9.69 Å². The van der Waals surface area contributed by atoms with Crippen molar-refractivity contribution in [3.05, 3.63) is 0 Å². The molecule has 0 aromatic heterocycles. The average molecular weight is 526 g/mol. The molecule has 0 radical (unpaired) electrons. The van der Waals surface area contributed by atoms with E-state index in [1.165, 1.54) is 0 Å². The number of carbonyl (C=O) groups excluding carboxylic acids is 2. The van der Waals surface area contributed by atoms with Crippen LogP contribution < -0.4 is 0 Å². The maximum absolute atomic E-state index is 13.2. The number of hydrogen-bond donors (Lipinski definition) is 1. The van der Waals surface area contributed by atoms with E-state index >= 15 is 0 Å². The van der Waals surface area contributed by atoms with Gasteiger partial charge in [-0.15, -0.1) is 0 Å². The van der Waals surface area contributed by atoms with Crippen molar-refractivity contribution in [2.24, 2.45) is 16.7 Å². The van der Waals surface area contributed by atoms with Crippen LogP contribution in [0.25, 0.3) is 0 Å². The first-order chi connectivity index (χ1) is 17.1. The van der Waals surface area contributed by atoms with E-state index < -0.39 is 17.1 Å². The molecule has 1 spiro atoms. The number of nitrogens with zero attached hydrogens (tertiary/aromatic N) is 1. The summed E-state index contributed by atoms with van der Waals surface area (Å²) in [6.45, 7) is 17.5. The summed E-state index contributed by atoms with van der Waals surface area (Å²) >= 11 is 0. The summed E-state index contributed by atoms with van der Waals surface area (Å²) in [5.74, 6) is -0.321. The zero-order valence-electron chi connectivity index (χ0n) is 24.5. The highest BCUT2D eigenvalue weighted by molar-refractivity contribution is 5.78. The first-order valence-electron chi connectivity index (χ1n) is 14.2. The molecule has 3 aliphatic rings. The molecule has 2 aliphatic heterocycles. The SMILES string of the molecule is C[C@H](CC(=O)CC[C@]1(C)C2(CCC[C@]1(C)CCO)OCCO2)C[C@@H]1CN(C(=O)OC(C)(C)C)C(C)(C)O1. The van der Waals surface area contributed by atoms with Gasteiger partial charge in [0.15, 0.2) is 5.79 Å². The van der Waals surface area contributed by atoms with Gasteiger partial charge in [0, 0.05) is 31.3 Å². The summed E-state index contributed by atoms with van der Waals surface area (Å²) in [5.41, 5.74) is -1.84. The second-order valence-electron chi connectivity index (χ2n) is 13.5. The maximum atomic E-state index is 13.2. The Bertz CT molecular complexity index is 812. The second kappa shape index (κ2) is 11.1. The third-order valence-electron chi connectivity index (χ3n) is 9.08. The van der Waals surface area contributed by atoms with Crippen LogP contribution in [0, 0.1) is 16.7 Å². The van der Waals surface area contributed by atoms with Crippen LogP contribution in [0.5, 0.6) is 0 Å². The zero-order valence-corrected chi connectivity index (χ0v) is 24.5. The van der Waals surface area contributed by atoms with E-state index in [-0.39, 0.29) is 41.3 Å². The molecule has 214 valence electrons. The highest BCUT2D eigenvalue weighted by atomic mass is 16.7. The standard InChI is InChI=1S/C29H51NO7/c1-21(19-23-20-30(26(5,6)36-23)24(33)37-25(2,3)4)18-22(32)10-13-28(8)27(7,14-15-31)11-9-12-29(28)34-16-17-35-29/h21,23,31H,9-20H2,1-8H3/t21-,23-,27-,28+/m1/s1. The number of amides is 1. The number of rotatable bonds is 9. The zero-order chi connectivity index (χ0) is 27.7. The molecule has 3 rings (SSSR count). The molecule has 8 heteroatoms. The fourth-order valence-corrected chi connectivity index (χ4v) is 6.86. The highest BCUT2D eigenvalue weighted by Crippen LogP contribution is 2.62. The lowest BCUT2D eigenvalue weighted by atomic mass is 9.51. The Kier molecular flexibility index (Phi) is 9.10. The van der Waals surface area contributed by atoms with E-state index in [9.17, 15) is 14.7 Å². The Morgan fingerprint density at radius 2 is 1.73 bits per heavy atom. The summed E-state index contributed by atoms with van der Waals surface area (Å²) in [7, 11) is 0. The Morgan fingerprint density at radius 3 is 2.32 bits per heavy atom. The molecule has 1 amide bonds. The van der Waals surface area contributed by atoms with E-state index in [0.717, 1.165) is 19.3 Å². The number of hydrogen-bond acceptors (Lipinski definition) is 7. The van der Waals surface area contributed by atoms with E-state index in [1.54, 1.807) is 4.90 Å². The largest absolute Gasteiger partial charge is 0.444 e. The molecule has 0 bridgehead atoms. The van der Waals surface area contributed by atoms with Crippen LogP contribution in [-0.2, 0) is 23.7 Å². The van der Waals surface area contributed by atoms with Gasteiger partial charge >= 0.3 is 6.09 Å². The second-order valence-corrected chi connectivity index (χ2v) is 13.5. The van der Waals surface area contributed by atoms with Gasteiger partial charge in [0.05, 0.1) is 25.9 Å². The lowest BCUT2D eigenvalue weighted by Crippen LogP contribution is -2.59. The molecule has 3 fully saturated rings. The van der Waals surface area contributed by atoms with Gasteiger partial charge in [-0.1, -0.05) is 20.8 Å². The quantitative estimate of drug-likeness (QED) is 0.428. The van der Waals surface area contributed by atoms with Crippen LogP contribution in [0.15, 0.2) is 0 Å². The minimum absolute atomic E-state index is 0.116. The summed E-state index contributed by atoms with van der Waals surface area (Å²) in [5, 5.41) is 9.83. The van der Waals surface area contributed by atoms with Crippen LogP contribution in [0.2, 0.25) is 0 Å². The molecule has 8 nitrogen and oxygen atoms in total. The maximum Gasteiger partial charge on any atom is 0.412 e. The van der Waals surface area contributed by atoms with E-state index in [2.05, 4.69) is 20.8 Å². The molecule has 2 saturated heterocycles. The molecule has 0 aromatic rings. The predicted molar refractivity (Wildman–Crippen MR) is 141 cm³/mol. The van der Waals surface area contributed by atoms with Crippen LogP contribution in [-0.4, -0.2) is 71.5 Å². The van der Waals surface area contributed by atoms with Crippen molar-refractivity contribution in [3.8, 4) is 0 Å². The van der Waals surface area contributed by atoms with Crippen molar-refractivity contribution >= 4 is 11.9 Å². The van der Waals surface area contributed by atoms with Crippen LogP contribution in [0.1, 0.15) is 107 Å². The van der Waals surface area contributed by atoms with Crippen molar-refractivity contribution in [3.63, 3.8) is 0 Å². The predicted octanol–water partition coefficient (Wildman–Crippen LogP) is 5.45. The van der Waals surface area contributed by atoms with E-state index in [0.29, 0.717) is 51.9 Å². The van der Waals surface area contributed by atoms with Gasteiger partial charge < -0.3 is 24.1 Å².